The molecule has 0 aliphatic heterocycles. The van der Waals surface area contributed by atoms with E-state index in [1.165, 1.54) is 6.07 Å². The van der Waals surface area contributed by atoms with Gasteiger partial charge < -0.3 is 0 Å². The molecule has 0 saturated carbocycles. The van der Waals surface area contributed by atoms with Crippen LogP contribution in [0.5, 0.6) is 0 Å². The topological polar surface area (TPSA) is 80.5 Å². The number of carbonyl (C=O) groups is 1. The molecule has 2 N–H and O–H groups in total. The summed E-state index contributed by atoms with van der Waals surface area (Å²) in [4.78, 5) is 14.1. The molecule has 0 radical (unpaired) electrons. The molecule has 0 saturated heterocycles. The van der Waals surface area contributed by atoms with Gasteiger partial charge in [-0.05, 0) is 29.3 Å². The predicted molar refractivity (Wildman–Crippen MR) is 116 cm³/mol. The fourth-order valence-electron chi connectivity index (χ4n) is 3.04. The normalized spacial score (nSPS) is 11.2. The van der Waals surface area contributed by atoms with Gasteiger partial charge in [0.1, 0.15) is 10.7 Å². The van der Waals surface area contributed by atoms with Gasteiger partial charge in [-0.1, -0.05) is 60.7 Å². The van der Waals surface area contributed by atoms with E-state index in [4.69, 9.17) is 5.14 Å². The van der Waals surface area contributed by atoms with E-state index in [-0.39, 0.29) is 30.3 Å². The van der Waals surface area contributed by atoms with Crippen molar-refractivity contribution in [3.05, 3.63) is 101 Å². The van der Waals surface area contributed by atoms with Crippen LogP contribution in [0, 0.1) is 5.82 Å². The van der Waals surface area contributed by atoms with Gasteiger partial charge in [-0.25, -0.2) is 17.9 Å². The second-order valence-corrected chi connectivity index (χ2v) is 8.26. The van der Waals surface area contributed by atoms with Crippen molar-refractivity contribution in [1.29, 1.82) is 0 Å². The summed E-state index contributed by atoms with van der Waals surface area (Å²) >= 11 is 0. The average molecular weight is 449 g/mol. The molecule has 8 heteroatoms. The van der Waals surface area contributed by atoms with Crippen molar-refractivity contribution in [1.82, 2.24) is 4.90 Å². The zero-order chi connectivity index (χ0) is 20.9. The Morgan fingerprint density at radius 1 is 0.867 bits per heavy atom. The predicted octanol–water partition coefficient (Wildman–Crippen LogP) is 3.78. The van der Waals surface area contributed by atoms with Gasteiger partial charge in [0.25, 0.3) is 0 Å². The molecule has 0 unspecified atom stereocenters. The molecule has 3 rings (SSSR count). The number of Topliss-reactive ketones (excluding diaryl/α,β-unsaturated/α-hetero) is 1. The Bertz CT molecular complexity index is 1050. The molecular formula is C22H22ClFN2O3S. The van der Waals surface area contributed by atoms with E-state index < -0.39 is 20.7 Å². The van der Waals surface area contributed by atoms with Crippen molar-refractivity contribution in [2.24, 2.45) is 5.14 Å². The van der Waals surface area contributed by atoms with Crippen molar-refractivity contribution in [3.63, 3.8) is 0 Å². The third-order valence-corrected chi connectivity index (χ3v) is 5.35. The Kier molecular flexibility index (Phi) is 8.25. The van der Waals surface area contributed by atoms with Crippen molar-refractivity contribution in [2.45, 2.75) is 18.0 Å². The van der Waals surface area contributed by atoms with Crippen LogP contribution >= 0.6 is 12.4 Å². The molecule has 5 nitrogen and oxygen atoms in total. The van der Waals surface area contributed by atoms with E-state index in [1.807, 2.05) is 65.6 Å². The summed E-state index contributed by atoms with van der Waals surface area (Å²) in [5.74, 6) is -1.30. The molecule has 0 fully saturated rings. The summed E-state index contributed by atoms with van der Waals surface area (Å²) in [6, 6.07) is 22.7. The molecule has 0 aliphatic rings. The number of nitrogens with zero attached hydrogens (tertiary/aromatic N) is 1. The Labute approximate surface area is 181 Å². The summed E-state index contributed by atoms with van der Waals surface area (Å²) < 4.78 is 36.9. The number of hydrogen-bond donors (Lipinski definition) is 1. The van der Waals surface area contributed by atoms with E-state index in [0.717, 1.165) is 23.3 Å². The lowest BCUT2D eigenvalue weighted by Gasteiger charge is -2.22. The van der Waals surface area contributed by atoms with Crippen molar-refractivity contribution >= 4 is 28.2 Å². The van der Waals surface area contributed by atoms with Crippen molar-refractivity contribution in [2.75, 3.05) is 6.54 Å². The minimum atomic E-state index is -4.26. The number of rotatable bonds is 8. The maximum Gasteiger partial charge on any atom is 0.240 e. The van der Waals surface area contributed by atoms with E-state index in [0.29, 0.717) is 13.1 Å². The van der Waals surface area contributed by atoms with Crippen LogP contribution in [0.15, 0.2) is 83.8 Å². The van der Waals surface area contributed by atoms with Crippen LogP contribution in [0.4, 0.5) is 4.39 Å². The number of hydrogen-bond acceptors (Lipinski definition) is 4. The molecule has 0 aliphatic carbocycles. The van der Waals surface area contributed by atoms with E-state index in [1.54, 1.807) is 0 Å². The minimum Gasteiger partial charge on any atom is -0.293 e. The van der Waals surface area contributed by atoms with E-state index in [2.05, 4.69) is 0 Å². The quantitative estimate of drug-likeness (QED) is 0.532. The number of primary sulfonamides is 1. The zero-order valence-corrected chi connectivity index (χ0v) is 17.7. The third-order valence-electron chi connectivity index (χ3n) is 4.42. The smallest absolute Gasteiger partial charge is 0.240 e. The SMILES string of the molecule is Cl.NS(=O)(=O)c1cc(C(=O)CN(Cc2ccccc2)Cc2ccccc2)ccc1F. The number of carbonyl (C=O) groups excluding carboxylic acids is 1. The molecule has 3 aromatic rings. The van der Waals surface area contributed by atoms with Gasteiger partial charge in [0.2, 0.25) is 10.0 Å². The fraction of sp³-hybridized carbons (Fsp3) is 0.136. The van der Waals surface area contributed by atoms with Crippen LogP contribution < -0.4 is 5.14 Å². The Balaban J connectivity index is 0.00000320. The van der Waals surface area contributed by atoms with Crippen molar-refractivity contribution in [3.8, 4) is 0 Å². The Morgan fingerprint density at radius 2 is 1.37 bits per heavy atom. The lowest BCUT2D eigenvalue weighted by molar-refractivity contribution is 0.0920. The first-order valence-corrected chi connectivity index (χ1v) is 10.5. The molecule has 3 aromatic carbocycles. The molecule has 0 atom stereocenters. The van der Waals surface area contributed by atoms with Gasteiger partial charge in [-0.2, -0.15) is 0 Å². The maximum atomic E-state index is 13.8. The first-order valence-electron chi connectivity index (χ1n) is 8.99. The number of ketones is 1. The molecule has 0 aromatic heterocycles. The maximum absolute atomic E-state index is 13.8. The molecule has 0 spiro atoms. The summed E-state index contributed by atoms with van der Waals surface area (Å²) in [5.41, 5.74) is 2.18. The third kappa shape index (κ3) is 6.47. The van der Waals surface area contributed by atoms with Gasteiger partial charge in [-0.3, -0.25) is 9.69 Å². The standard InChI is InChI=1S/C22H21FN2O3S.ClH/c23-20-12-11-19(13-22(20)29(24,27)28)21(26)16-25(14-17-7-3-1-4-8-17)15-18-9-5-2-6-10-18;/h1-13H,14-16H2,(H2,24,27,28);1H. The zero-order valence-electron chi connectivity index (χ0n) is 16.1. The van der Waals surface area contributed by atoms with E-state index >= 15 is 0 Å². The first kappa shape index (κ1) is 23.7. The average Bonchev–Trinajstić information content (AvgIpc) is 2.69. The summed E-state index contributed by atoms with van der Waals surface area (Å²) in [7, 11) is -4.26. The molecule has 30 heavy (non-hydrogen) atoms. The lowest BCUT2D eigenvalue weighted by Crippen LogP contribution is -2.29. The van der Waals surface area contributed by atoms with Gasteiger partial charge in [0.15, 0.2) is 5.78 Å². The highest BCUT2D eigenvalue weighted by molar-refractivity contribution is 7.89. The van der Waals surface area contributed by atoms with Crippen LogP contribution in [0.2, 0.25) is 0 Å². The van der Waals surface area contributed by atoms with Crippen molar-refractivity contribution < 1.29 is 17.6 Å². The Morgan fingerprint density at radius 3 is 1.83 bits per heavy atom. The van der Waals surface area contributed by atoms with Gasteiger partial charge >= 0.3 is 0 Å². The molecule has 0 amide bonds. The summed E-state index contributed by atoms with van der Waals surface area (Å²) in [6.07, 6.45) is 0. The minimum absolute atomic E-state index is 0. The first-order chi connectivity index (χ1) is 13.8. The highest BCUT2D eigenvalue weighted by atomic mass is 35.5. The lowest BCUT2D eigenvalue weighted by atomic mass is 10.1. The van der Waals surface area contributed by atoms with Crippen LogP contribution in [0.1, 0.15) is 21.5 Å². The second-order valence-electron chi connectivity index (χ2n) is 6.73. The number of sulfonamides is 1. The molecule has 158 valence electrons. The Hall–Kier alpha value is -2.58. The number of nitrogens with two attached hydrogens (primary N) is 1. The number of halogens is 2. The number of benzene rings is 3. The van der Waals surface area contributed by atoms with Crippen LogP contribution in [-0.2, 0) is 23.1 Å². The summed E-state index contributed by atoms with van der Waals surface area (Å²) in [6.45, 7) is 1.11. The van der Waals surface area contributed by atoms with Gasteiger partial charge in [0.05, 0.1) is 6.54 Å². The molecular weight excluding hydrogens is 427 g/mol. The van der Waals surface area contributed by atoms with Crippen LogP contribution in [0.25, 0.3) is 0 Å². The fourth-order valence-corrected chi connectivity index (χ4v) is 3.67. The monoisotopic (exact) mass is 448 g/mol. The summed E-state index contributed by atoms with van der Waals surface area (Å²) in [5, 5.41) is 5.04. The second kappa shape index (κ2) is 10.4. The largest absolute Gasteiger partial charge is 0.293 e. The van der Waals surface area contributed by atoms with Crippen LogP contribution in [-0.4, -0.2) is 25.6 Å². The highest BCUT2D eigenvalue weighted by Crippen LogP contribution is 2.17. The molecule has 0 bridgehead atoms. The van der Waals surface area contributed by atoms with E-state index in [9.17, 15) is 17.6 Å². The molecule has 0 heterocycles. The highest BCUT2D eigenvalue weighted by Gasteiger charge is 2.19. The van der Waals surface area contributed by atoms with Gasteiger partial charge in [0, 0.05) is 18.7 Å². The van der Waals surface area contributed by atoms with Crippen LogP contribution in [0.3, 0.4) is 0 Å². The van der Waals surface area contributed by atoms with Gasteiger partial charge in [-0.15, -0.1) is 12.4 Å².